The topological polar surface area (TPSA) is 178 Å². The van der Waals surface area contributed by atoms with Crippen molar-refractivity contribution in [2.45, 2.75) is 12.2 Å². The molecule has 1 aromatic carbocycles. The summed E-state index contributed by atoms with van der Waals surface area (Å²) in [6, 6.07) is 0. The van der Waals surface area contributed by atoms with Gasteiger partial charge in [-0.05, 0) is 22.6 Å². The third kappa shape index (κ3) is 4.69. The Morgan fingerprint density at radius 1 is 1.00 bits per heavy atom. The van der Waals surface area contributed by atoms with E-state index in [1.54, 1.807) is 22.6 Å². The summed E-state index contributed by atoms with van der Waals surface area (Å²) in [5.41, 5.74) is 0.101. The van der Waals surface area contributed by atoms with E-state index in [9.17, 15) is 24.6 Å². The van der Waals surface area contributed by atoms with Gasteiger partial charge < -0.3 is 40.5 Å². The summed E-state index contributed by atoms with van der Waals surface area (Å²) in [4.78, 5) is 39.6. The Bertz CT molecular complexity index is 848. The zero-order chi connectivity index (χ0) is 22.7. The highest BCUT2D eigenvalue weighted by atomic mass is 127. The number of ether oxygens (including phenoxy) is 2. The lowest BCUT2D eigenvalue weighted by Crippen LogP contribution is -2.45. The van der Waals surface area contributed by atoms with Crippen LogP contribution in [-0.2, 0) is 4.79 Å². The minimum atomic E-state index is -1.18. The summed E-state index contributed by atoms with van der Waals surface area (Å²) in [5, 5.41) is 41.9. The maximum atomic E-state index is 12.9. The first-order valence-electron chi connectivity index (χ1n) is 9.39. The van der Waals surface area contributed by atoms with Gasteiger partial charge in [0.25, 0.3) is 17.7 Å². The molecular weight excluding hydrogens is 529 g/mol. The maximum Gasteiger partial charge on any atom is 0.265 e. The molecule has 0 aromatic heterocycles. The first-order valence-corrected chi connectivity index (χ1v) is 10.5. The second-order valence-corrected chi connectivity index (χ2v) is 7.92. The van der Waals surface area contributed by atoms with Crippen LogP contribution in [0.15, 0.2) is 0 Å². The Kier molecular flexibility index (Phi) is 7.53. The average Bonchev–Trinajstić information content (AvgIpc) is 2.77. The number of rotatable bonds is 8. The average molecular weight is 551 g/mol. The fourth-order valence-corrected chi connectivity index (χ4v) is 4.11. The van der Waals surface area contributed by atoms with Crippen LogP contribution >= 0.6 is 22.6 Å². The van der Waals surface area contributed by atoms with Crippen molar-refractivity contribution in [1.82, 2.24) is 10.6 Å². The van der Waals surface area contributed by atoms with Crippen LogP contribution in [-0.4, -0.2) is 96.4 Å². The van der Waals surface area contributed by atoms with Crippen molar-refractivity contribution in [3.8, 4) is 11.5 Å². The van der Waals surface area contributed by atoms with Gasteiger partial charge in [-0.2, -0.15) is 0 Å². The molecule has 2 aliphatic rings. The molecule has 12 nitrogen and oxygen atoms in total. The fraction of sp³-hybridized carbons (Fsp3) is 0.500. The molecule has 0 saturated carbocycles. The van der Waals surface area contributed by atoms with Crippen molar-refractivity contribution < 1.29 is 44.3 Å². The van der Waals surface area contributed by atoms with E-state index in [4.69, 9.17) is 19.7 Å². The molecule has 2 unspecified atom stereocenters. The molecule has 0 bridgehead atoms. The highest BCUT2D eigenvalue weighted by Crippen LogP contribution is 2.49. The molecule has 0 aliphatic carbocycles. The molecule has 0 saturated heterocycles. The van der Waals surface area contributed by atoms with Crippen molar-refractivity contribution >= 4 is 46.0 Å². The summed E-state index contributed by atoms with van der Waals surface area (Å²) in [6.07, 6.45) is -2.36. The molecule has 13 heteroatoms. The Balaban J connectivity index is 2.09. The molecule has 31 heavy (non-hydrogen) atoms. The molecule has 3 rings (SSSR count). The Hall–Kier alpha value is -2.20. The minimum absolute atomic E-state index is 0.0275. The van der Waals surface area contributed by atoms with Crippen molar-refractivity contribution in [1.29, 1.82) is 0 Å². The molecule has 0 radical (unpaired) electrons. The molecule has 2 heterocycles. The predicted molar refractivity (Wildman–Crippen MR) is 113 cm³/mol. The van der Waals surface area contributed by atoms with Crippen LogP contribution in [0.25, 0.3) is 0 Å². The predicted octanol–water partition coefficient (Wildman–Crippen LogP) is -2.42. The van der Waals surface area contributed by atoms with Gasteiger partial charge in [0, 0.05) is 16.7 Å². The van der Waals surface area contributed by atoms with E-state index in [1.807, 2.05) is 0 Å². The number of halogens is 1. The van der Waals surface area contributed by atoms with Crippen LogP contribution < -0.4 is 25.0 Å². The monoisotopic (exact) mass is 551 g/mol. The minimum Gasteiger partial charge on any atom is -0.488 e. The Morgan fingerprint density at radius 3 is 2.03 bits per heavy atom. The summed E-state index contributed by atoms with van der Waals surface area (Å²) >= 11 is 1.79. The lowest BCUT2D eigenvalue weighted by atomic mass is 10.0. The lowest BCUT2D eigenvalue weighted by Gasteiger charge is -2.36. The Labute approximate surface area is 190 Å². The van der Waals surface area contributed by atoms with Gasteiger partial charge in [0.15, 0.2) is 18.1 Å². The smallest absolute Gasteiger partial charge is 0.265 e. The van der Waals surface area contributed by atoms with Gasteiger partial charge in [-0.3, -0.25) is 19.3 Å². The van der Waals surface area contributed by atoms with E-state index in [0.717, 1.165) is 0 Å². The zero-order valence-electron chi connectivity index (χ0n) is 16.3. The van der Waals surface area contributed by atoms with Gasteiger partial charge in [0.2, 0.25) is 0 Å². The molecule has 6 N–H and O–H groups in total. The lowest BCUT2D eigenvalue weighted by molar-refractivity contribution is -0.121. The van der Waals surface area contributed by atoms with Crippen molar-refractivity contribution in [3.05, 3.63) is 14.7 Å². The number of hydrogen-bond acceptors (Lipinski definition) is 9. The van der Waals surface area contributed by atoms with Gasteiger partial charge in [-0.1, -0.05) is 0 Å². The normalized spacial score (nSPS) is 16.5. The second-order valence-electron chi connectivity index (χ2n) is 6.85. The SMILES string of the molecule is O=C(NCC(O)CO)c1c(I)c(C(=O)NCC(O)CO)c2c3c1OCCN3C(=O)CO2. The van der Waals surface area contributed by atoms with Crippen LogP contribution in [0.4, 0.5) is 5.69 Å². The van der Waals surface area contributed by atoms with Gasteiger partial charge >= 0.3 is 0 Å². The van der Waals surface area contributed by atoms with Gasteiger partial charge in [-0.15, -0.1) is 0 Å². The molecule has 0 spiro atoms. The van der Waals surface area contributed by atoms with Crippen LogP contribution in [0.3, 0.4) is 0 Å². The maximum absolute atomic E-state index is 12.9. The molecule has 0 fully saturated rings. The molecular formula is C18H22IN3O9. The van der Waals surface area contributed by atoms with Crippen molar-refractivity contribution in [2.24, 2.45) is 0 Å². The summed E-state index contributed by atoms with van der Waals surface area (Å²) in [6.45, 7) is -1.56. The quantitative estimate of drug-likeness (QED) is 0.192. The number of carbonyl (C=O) groups is 3. The van der Waals surface area contributed by atoms with E-state index in [-0.39, 0.29) is 70.6 Å². The zero-order valence-corrected chi connectivity index (χ0v) is 18.4. The largest absolute Gasteiger partial charge is 0.488 e. The number of benzene rings is 1. The van der Waals surface area contributed by atoms with Crippen LogP contribution in [0.2, 0.25) is 0 Å². The van der Waals surface area contributed by atoms with Crippen LogP contribution in [0.5, 0.6) is 11.5 Å². The van der Waals surface area contributed by atoms with E-state index < -0.39 is 37.2 Å². The molecule has 2 aliphatic heterocycles. The number of nitrogens with one attached hydrogen (secondary N) is 2. The summed E-state index contributed by atoms with van der Waals surface area (Å²) < 4.78 is 11.4. The van der Waals surface area contributed by atoms with Gasteiger partial charge in [-0.25, -0.2) is 0 Å². The van der Waals surface area contributed by atoms with Gasteiger partial charge in [0.1, 0.15) is 12.3 Å². The number of hydrogen-bond donors (Lipinski definition) is 6. The van der Waals surface area contributed by atoms with E-state index in [1.165, 1.54) is 4.90 Å². The van der Waals surface area contributed by atoms with Crippen LogP contribution in [0.1, 0.15) is 20.7 Å². The standard InChI is InChI=1S/C18H22IN3O9/c19-13-11(17(28)20-3-8(25)5-23)15-14-16(12(13)18(29)21-4-9(26)6-24)31-7-10(27)22(14)1-2-30-15/h8-9,23-26H,1-7H2,(H,20,28)(H,21,29). The van der Waals surface area contributed by atoms with Crippen molar-refractivity contribution in [3.63, 3.8) is 0 Å². The number of aliphatic hydroxyl groups is 4. The second kappa shape index (κ2) is 9.95. The molecule has 1 aromatic rings. The van der Waals surface area contributed by atoms with E-state index >= 15 is 0 Å². The summed E-state index contributed by atoms with van der Waals surface area (Å²) in [7, 11) is 0. The third-order valence-corrected chi connectivity index (χ3v) is 5.75. The van der Waals surface area contributed by atoms with Gasteiger partial charge in [0.05, 0.1) is 43.1 Å². The molecule has 3 amide bonds. The first kappa shape index (κ1) is 23.5. The number of aliphatic hydroxyl groups excluding tert-OH is 4. The third-order valence-electron chi connectivity index (χ3n) is 4.67. The number of amides is 3. The van der Waals surface area contributed by atoms with Crippen LogP contribution in [0, 0.1) is 3.57 Å². The molecule has 2 atom stereocenters. The highest BCUT2D eigenvalue weighted by Gasteiger charge is 2.40. The number of carbonyl (C=O) groups excluding carboxylic acids is 3. The van der Waals surface area contributed by atoms with Crippen molar-refractivity contribution in [2.75, 3.05) is 51.0 Å². The van der Waals surface area contributed by atoms with E-state index in [2.05, 4.69) is 10.6 Å². The fourth-order valence-electron chi connectivity index (χ4n) is 3.13. The first-order chi connectivity index (χ1) is 14.8. The molecule has 170 valence electrons. The summed E-state index contributed by atoms with van der Waals surface area (Å²) in [5.74, 6) is -1.58. The number of nitrogens with zero attached hydrogens (tertiary/aromatic N) is 1. The van der Waals surface area contributed by atoms with E-state index in [0.29, 0.717) is 0 Å². The Morgan fingerprint density at radius 2 is 1.52 bits per heavy atom. The highest BCUT2D eigenvalue weighted by molar-refractivity contribution is 14.1. The number of anilines is 1.